The standard InChI is InChI=1S/C24H26N4O4S/c29-22(8-9-28-10-12-32-13-11-28)26-18-4-1-3-17(15-18)16-25-23(30)19-6-7-20(27-24(19)31)21-5-2-14-33-21/h1-7,14-15H,8-13,16H2,(H,25,30)(H,26,29)(H,27,31). The third kappa shape index (κ3) is 6.38. The van der Waals surface area contributed by atoms with Gasteiger partial charge in [0.2, 0.25) is 5.91 Å². The Hall–Kier alpha value is -3.27. The lowest BCUT2D eigenvalue weighted by molar-refractivity contribution is -0.116. The maximum Gasteiger partial charge on any atom is 0.261 e. The largest absolute Gasteiger partial charge is 0.379 e. The molecule has 1 aliphatic rings. The van der Waals surface area contributed by atoms with Crippen LogP contribution in [0.15, 0.2) is 58.7 Å². The molecule has 1 saturated heterocycles. The maximum atomic E-state index is 12.5. The zero-order chi connectivity index (χ0) is 23.0. The van der Waals surface area contributed by atoms with Crippen molar-refractivity contribution in [2.24, 2.45) is 0 Å². The van der Waals surface area contributed by atoms with Crippen molar-refractivity contribution < 1.29 is 14.3 Å². The highest BCUT2D eigenvalue weighted by Gasteiger charge is 2.13. The van der Waals surface area contributed by atoms with Gasteiger partial charge in [0.15, 0.2) is 0 Å². The number of pyridine rings is 1. The normalized spacial score (nSPS) is 14.1. The molecule has 3 N–H and O–H groups in total. The summed E-state index contributed by atoms with van der Waals surface area (Å²) in [7, 11) is 0. The van der Waals surface area contributed by atoms with Gasteiger partial charge in [0, 0.05) is 38.3 Å². The van der Waals surface area contributed by atoms with E-state index in [1.807, 2.05) is 41.8 Å². The Kier molecular flexibility index (Phi) is 7.66. The number of morpholine rings is 1. The molecule has 0 unspecified atom stereocenters. The lowest BCUT2D eigenvalue weighted by atomic mass is 10.1. The lowest BCUT2D eigenvalue weighted by Gasteiger charge is -2.26. The van der Waals surface area contributed by atoms with E-state index in [2.05, 4.69) is 20.5 Å². The number of nitrogens with one attached hydrogen (secondary N) is 3. The zero-order valence-electron chi connectivity index (χ0n) is 18.1. The molecule has 3 heterocycles. The third-order valence-electron chi connectivity index (χ3n) is 5.36. The van der Waals surface area contributed by atoms with Gasteiger partial charge in [-0.25, -0.2) is 0 Å². The van der Waals surface area contributed by atoms with E-state index in [1.165, 1.54) is 17.4 Å². The van der Waals surface area contributed by atoms with Gasteiger partial charge in [-0.1, -0.05) is 18.2 Å². The Labute approximate surface area is 195 Å². The van der Waals surface area contributed by atoms with E-state index in [9.17, 15) is 14.4 Å². The minimum Gasteiger partial charge on any atom is -0.379 e. The molecule has 0 saturated carbocycles. The first kappa shape index (κ1) is 22.9. The molecule has 4 rings (SSSR count). The highest BCUT2D eigenvalue weighted by Crippen LogP contribution is 2.21. The van der Waals surface area contributed by atoms with Crippen molar-refractivity contribution in [2.45, 2.75) is 13.0 Å². The number of carbonyl (C=O) groups is 2. The number of hydrogen-bond donors (Lipinski definition) is 3. The van der Waals surface area contributed by atoms with Crippen molar-refractivity contribution >= 4 is 28.8 Å². The molecule has 1 aromatic carbocycles. The summed E-state index contributed by atoms with van der Waals surface area (Å²) < 4.78 is 5.32. The van der Waals surface area contributed by atoms with Crippen molar-refractivity contribution in [3.05, 3.63) is 75.4 Å². The quantitative estimate of drug-likeness (QED) is 0.474. The minimum absolute atomic E-state index is 0.0555. The molecule has 1 aliphatic heterocycles. The number of amides is 2. The molecule has 0 spiro atoms. The van der Waals surface area contributed by atoms with E-state index < -0.39 is 11.5 Å². The summed E-state index contributed by atoms with van der Waals surface area (Å²) in [5.74, 6) is -0.506. The number of ether oxygens (including phenoxy) is 1. The first-order valence-corrected chi connectivity index (χ1v) is 11.7. The van der Waals surface area contributed by atoms with Crippen LogP contribution in [0, 0.1) is 0 Å². The number of carbonyl (C=O) groups excluding carboxylic acids is 2. The second kappa shape index (κ2) is 11.0. The molecule has 1 fully saturated rings. The molecule has 0 atom stereocenters. The highest BCUT2D eigenvalue weighted by molar-refractivity contribution is 7.13. The van der Waals surface area contributed by atoms with Gasteiger partial charge in [-0.2, -0.15) is 0 Å². The summed E-state index contributed by atoms with van der Waals surface area (Å²) in [4.78, 5) is 43.1. The van der Waals surface area contributed by atoms with E-state index in [4.69, 9.17) is 4.74 Å². The van der Waals surface area contributed by atoms with Crippen molar-refractivity contribution in [2.75, 3.05) is 38.2 Å². The number of nitrogens with zero attached hydrogens (tertiary/aromatic N) is 1. The smallest absolute Gasteiger partial charge is 0.261 e. The van der Waals surface area contributed by atoms with Gasteiger partial charge < -0.3 is 20.4 Å². The summed E-state index contributed by atoms with van der Waals surface area (Å²) in [6, 6.07) is 14.4. The maximum absolute atomic E-state index is 12.5. The van der Waals surface area contributed by atoms with Crippen LogP contribution in [0.4, 0.5) is 5.69 Å². The predicted molar refractivity (Wildman–Crippen MR) is 128 cm³/mol. The van der Waals surface area contributed by atoms with Gasteiger partial charge in [-0.15, -0.1) is 11.3 Å². The number of benzene rings is 1. The molecule has 8 nitrogen and oxygen atoms in total. The first-order valence-electron chi connectivity index (χ1n) is 10.8. The van der Waals surface area contributed by atoms with Crippen LogP contribution in [0.3, 0.4) is 0 Å². The molecule has 0 aliphatic carbocycles. The van der Waals surface area contributed by atoms with Crippen LogP contribution in [0.1, 0.15) is 22.3 Å². The molecular formula is C24H26N4O4S. The Bertz CT molecular complexity index is 1150. The molecule has 33 heavy (non-hydrogen) atoms. The van der Waals surface area contributed by atoms with Crippen LogP contribution in [-0.4, -0.2) is 54.5 Å². The average molecular weight is 467 g/mol. The van der Waals surface area contributed by atoms with Gasteiger partial charge in [-0.05, 0) is 41.3 Å². The van der Waals surface area contributed by atoms with Crippen LogP contribution >= 0.6 is 11.3 Å². The van der Waals surface area contributed by atoms with Gasteiger partial charge >= 0.3 is 0 Å². The van der Waals surface area contributed by atoms with Crippen LogP contribution in [0.5, 0.6) is 0 Å². The summed E-state index contributed by atoms with van der Waals surface area (Å²) >= 11 is 1.51. The number of aromatic nitrogens is 1. The molecular weight excluding hydrogens is 440 g/mol. The van der Waals surface area contributed by atoms with Crippen molar-refractivity contribution in [3.8, 4) is 10.6 Å². The van der Waals surface area contributed by atoms with Crippen LogP contribution in [-0.2, 0) is 16.1 Å². The van der Waals surface area contributed by atoms with Crippen molar-refractivity contribution in [1.29, 1.82) is 0 Å². The molecule has 3 aromatic rings. The number of anilines is 1. The molecule has 2 aromatic heterocycles. The molecule has 2 amide bonds. The third-order valence-corrected chi connectivity index (χ3v) is 6.27. The Morgan fingerprint density at radius 3 is 2.70 bits per heavy atom. The summed E-state index contributed by atoms with van der Waals surface area (Å²) in [6.07, 6.45) is 0.408. The Morgan fingerprint density at radius 1 is 1.09 bits per heavy atom. The van der Waals surface area contributed by atoms with E-state index >= 15 is 0 Å². The van der Waals surface area contributed by atoms with Crippen LogP contribution in [0.2, 0.25) is 0 Å². The predicted octanol–water partition coefficient (Wildman–Crippen LogP) is 2.69. The van der Waals surface area contributed by atoms with Gasteiger partial charge in [0.05, 0.1) is 23.8 Å². The van der Waals surface area contributed by atoms with E-state index in [0.29, 0.717) is 37.6 Å². The summed E-state index contributed by atoms with van der Waals surface area (Å²) in [6.45, 7) is 4.05. The molecule has 9 heteroatoms. The number of H-pyrrole nitrogens is 1. The SMILES string of the molecule is O=C(CCN1CCOCC1)Nc1cccc(CNC(=O)c2ccc(-c3cccs3)[nH]c2=O)c1. The van der Waals surface area contributed by atoms with Crippen LogP contribution < -0.4 is 16.2 Å². The molecule has 172 valence electrons. The number of rotatable bonds is 8. The van der Waals surface area contributed by atoms with E-state index in [1.54, 1.807) is 6.07 Å². The highest BCUT2D eigenvalue weighted by atomic mass is 32.1. The van der Waals surface area contributed by atoms with Gasteiger partial charge in [0.25, 0.3) is 11.5 Å². The van der Waals surface area contributed by atoms with E-state index in [-0.39, 0.29) is 18.0 Å². The zero-order valence-corrected chi connectivity index (χ0v) is 19.0. The summed E-state index contributed by atoms with van der Waals surface area (Å²) in [5.41, 5.74) is 1.80. The second-order valence-electron chi connectivity index (χ2n) is 7.73. The number of hydrogen-bond acceptors (Lipinski definition) is 6. The van der Waals surface area contributed by atoms with Crippen LogP contribution in [0.25, 0.3) is 10.6 Å². The Morgan fingerprint density at radius 2 is 1.94 bits per heavy atom. The molecule has 0 bridgehead atoms. The number of aromatic amines is 1. The average Bonchev–Trinajstić information content (AvgIpc) is 3.37. The second-order valence-corrected chi connectivity index (χ2v) is 8.68. The fraction of sp³-hybridized carbons (Fsp3) is 0.292. The fourth-order valence-corrected chi connectivity index (χ4v) is 4.28. The Balaban J connectivity index is 1.29. The van der Waals surface area contributed by atoms with Gasteiger partial charge in [0.1, 0.15) is 5.56 Å². The monoisotopic (exact) mass is 466 g/mol. The topological polar surface area (TPSA) is 104 Å². The fourth-order valence-electron chi connectivity index (χ4n) is 3.57. The number of thiophene rings is 1. The van der Waals surface area contributed by atoms with Gasteiger partial charge in [-0.3, -0.25) is 19.3 Å². The minimum atomic E-state index is -0.450. The van der Waals surface area contributed by atoms with Crippen molar-refractivity contribution in [1.82, 2.24) is 15.2 Å². The van der Waals surface area contributed by atoms with Crippen molar-refractivity contribution in [3.63, 3.8) is 0 Å². The van der Waals surface area contributed by atoms with E-state index in [0.717, 1.165) is 23.5 Å². The lowest BCUT2D eigenvalue weighted by Crippen LogP contribution is -2.38. The summed E-state index contributed by atoms with van der Waals surface area (Å²) in [5, 5.41) is 7.60. The molecule has 0 radical (unpaired) electrons. The first-order chi connectivity index (χ1) is 16.1.